The summed E-state index contributed by atoms with van der Waals surface area (Å²) < 4.78 is 7.26. The standard InChI is InChI=1S/C22H24N2O3/c1-3-5-13-23-22(26)21(25)20-19(15-17-8-6-7-14-24(17)20)16-9-11-18(12-10-16)27-4-2/h6-12,14-15H,3-5,13H2,1-2H3,(H,23,26). The van der Waals surface area contributed by atoms with Gasteiger partial charge >= 0.3 is 0 Å². The van der Waals surface area contributed by atoms with Gasteiger partial charge in [0.15, 0.2) is 0 Å². The van der Waals surface area contributed by atoms with Crippen molar-refractivity contribution in [2.24, 2.45) is 0 Å². The monoisotopic (exact) mass is 364 g/mol. The molecule has 0 fully saturated rings. The van der Waals surface area contributed by atoms with E-state index in [-0.39, 0.29) is 0 Å². The Bertz CT molecular complexity index is 942. The quantitative estimate of drug-likeness (QED) is 0.372. The summed E-state index contributed by atoms with van der Waals surface area (Å²) >= 11 is 0. The zero-order valence-electron chi connectivity index (χ0n) is 15.7. The van der Waals surface area contributed by atoms with Crippen LogP contribution in [0.3, 0.4) is 0 Å². The maximum absolute atomic E-state index is 12.9. The molecule has 2 aromatic heterocycles. The molecule has 3 rings (SSSR count). The Kier molecular flexibility index (Phi) is 5.91. The number of nitrogens with zero attached hydrogens (tertiary/aromatic N) is 1. The average molecular weight is 364 g/mol. The number of carbonyl (C=O) groups is 2. The molecule has 0 unspecified atom stereocenters. The second-order valence-electron chi connectivity index (χ2n) is 6.30. The summed E-state index contributed by atoms with van der Waals surface area (Å²) in [5.41, 5.74) is 2.85. The van der Waals surface area contributed by atoms with Gasteiger partial charge in [-0.25, -0.2) is 0 Å². The Morgan fingerprint density at radius 3 is 2.56 bits per heavy atom. The van der Waals surface area contributed by atoms with Crippen molar-refractivity contribution in [3.63, 3.8) is 0 Å². The first-order valence-corrected chi connectivity index (χ1v) is 9.31. The minimum Gasteiger partial charge on any atom is -0.494 e. The largest absolute Gasteiger partial charge is 0.494 e. The molecule has 0 atom stereocenters. The van der Waals surface area contributed by atoms with Gasteiger partial charge < -0.3 is 14.5 Å². The molecule has 0 saturated carbocycles. The van der Waals surface area contributed by atoms with Gasteiger partial charge in [-0.2, -0.15) is 0 Å². The number of aromatic nitrogens is 1. The first-order valence-electron chi connectivity index (χ1n) is 9.31. The molecule has 3 aromatic rings. The molecule has 0 spiro atoms. The lowest BCUT2D eigenvalue weighted by molar-refractivity contribution is -0.117. The molecule has 0 bridgehead atoms. The van der Waals surface area contributed by atoms with Crippen LogP contribution in [-0.2, 0) is 4.79 Å². The molecule has 0 saturated heterocycles. The highest BCUT2D eigenvalue weighted by molar-refractivity contribution is 6.43. The van der Waals surface area contributed by atoms with E-state index in [1.54, 1.807) is 10.6 Å². The summed E-state index contributed by atoms with van der Waals surface area (Å²) in [5.74, 6) is -0.323. The van der Waals surface area contributed by atoms with Crippen molar-refractivity contribution < 1.29 is 14.3 Å². The van der Waals surface area contributed by atoms with Crippen LogP contribution >= 0.6 is 0 Å². The van der Waals surface area contributed by atoms with Gasteiger partial charge in [-0.15, -0.1) is 0 Å². The van der Waals surface area contributed by atoms with E-state index in [1.165, 1.54) is 0 Å². The summed E-state index contributed by atoms with van der Waals surface area (Å²) in [5, 5.41) is 2.72. The van der Waals surface area contributed by atoms with Gasteiger partial charge in [0.2, 0.25) is 0 Å². The number of ether oxygens (including phenoxy) is 1. The number of fused-ring (bicyclic) bond motifs is 1. The SMILES string of the molecule is CCCCNC(=O)C(=O)c1c(-c2ccc(OCC)cc2)cc2ccccn12. The molecule has 0 aliphatic heterocycles. The van der Waals surface area contributed by atoms with Crippen molar-refractivity contribution in [1.29, 1.82) is 0 Å². The van der Waals surface area contributed by atoms with Crippen molar-refractivity contribution in [3.8, 4) is 16.9 Å². The van der Waals surface area contributed by atoms with Crippen molar-refractivity contribution in [2.45, 2.75) is 26.7 Å². The lowest BCUT2D eigenvalue weighted by Crippen LogP contribution is -2.32. The van der Waals surface area contributed by atoms with Crippen LogP contribution in [0.4, 0.5) is 0 Å². The van der Waals surface area contributed by atoms with E-state index in [1.807, 2.05) is 62.4 Å². The van der Waals surface area contributed by atoms with Crippen LogP contribution in [0.2, 0.25) is 0 Å². The first-order chi connectivity index (χ1) is 13.2. The predicted molar refractivity (Wildman–Crippen MR) is 106 cm³/mol. The van der Waals surface area contributed by atoms with Crippen molar-refractivity contribution in [2.75, 3.05) is 13.2 Å². The number of amides is 1. The minimum atomic E-state index is -0.570. The third-order valence-electron chi connectivity index (χ3n) is 4.39. The van der Waals surface area contributed by atoms with Gasteiger partial charge in [0.05, 0.1) is 6.61 Å². The number of carbonyl (C=O) groups excluding carboxylic acids is 2. The lowest BCUT2D eigenvalue weighted by Gasteiger charge is -2.08. The third-order valence-corrected chi connectivity index (χ3v) is 4.39. The number of hydrogen-bond acceptors (Lipinski definition) is 3. The highest BCUT2D eigenvalue weighted by atomic mass is 16.5. The van der Waals surface area contributed by atoms with Crippen LogP contribution in [0.15, 0.2) is 54.7 Å². The van der Waals surface area contributed by atoms with E-state index < -0.39 is 11.7 Å². The van der Waals surface area contributed by atoms with Gasteiger partial charge in [0.25, 0.3) is 11.7 Å². The molecular weight excluding hydrogens is 340 g/mol. The normalized spacial score (nSPS) is 10.7. The van der Waals surface area contributed by atoms with Gasteiger partial charge in [-0.3, -0.25) is 9.59 Å². The van der Waals surface area contributed by atoms with Crippen LogP contribution < -0.4 is 10.1 Å². The summed E-state index contributed by atoms with van der Waals surface area (Å²) in [4.78, 5) is 25.3. The lowest BCUT2D eigenvalue weighted by atomic mass is 10.0. The number of benzene rings is 1. The van der Waals surface area contributed by atoms with E-state index in [4.69, 9.17) is 4.74 Å². The van der Waals surface area contributed by atoms with Crippen molar-refractivity contribution >= 4 is 17.2 Å². The van der Waals surface area contributed by atoms with E-state index in [0.717, 1.165) is 35.2 Å². The number of pyridine rings is 1. The molecule has 0 radical (unpaired) electrons. The zero-order chi connectivity index (χ0) is 19.2. The van der Waals surface area contributed by atoms with Crippen LogP contribution in [0.5, 0.6) is 5.75 Å². The van der Waals surface area contributed by atoms with Crippen LogP contribution in [0.25, 0.3) is 16.6 Å². The van der Waals surface area contributed by atoms with Crippen molar-refractivity contribution in [3.05, 3.63) is 60.4 Å². The van der Waals surface area contributed by atoms with Gasteiger partial charge in [-0.05, 0) is 49.2 Å². The number of rotatable bonds is 8. The molecule has 1 amide bonds. The maximum atomic E-state index is 12.9. The maximum Gasteiger partial charge on any atom is 0.294 e. The van der Waals surface area contributed by atoms with Gasteiger partial charge in [0.1, 0.15) is 11.4 Å². The topological polar surface area (TPSA) is 59.8 Å². The van der Waals surface area contributed by atoms with Crippen LogP contribution in [-0.4, -0.2) is 29.2 Å². The van der Waals surface area contributed by atoms with E-state index in [9.17, 15) is 9.59 Å². The fourth-order valence-electron chi connectivity index (χ4n) is 3.04. The first kappa shape index (κ1) is 18.7. The molecular formula is C22H24N2O3. The smallest absolute Gasteiger partial charge is 0.294 e. The Hall–Kier alpha value is -3.08. The molecule has 2 heterocycles. The average Bonchev–Trinajstić information content (AvgIpc) is 3.08. The highest BCUT2D eigenvalue weighted by Crippen LogP contribution is 2.29. The predicted octanol–water partition coefficient (Wildman–Crippen LogP) is 4.10. The zero-order valence-corrected chi connectivity index (χ0v) is 15.7. The molecule has 140 valence electrons. The number of Topliss-reactive ketones (excluding diaryl/α,β-unsaturated/α-hetero) is 1. The molecule has 5 heteroatoms. The molecule has 0 aliphatic carbocycles. The van der Waals surface area contributed by atoms with E-state index in [2.05, 4.69) is 5.32 Å². The van der Waals surface area contributed by atoms with Gasteiger partial charge in [0, 0.05) is 23.8 Å². The van der Waals surface area contributed by atoms with E-state index >= 15 is 0 Å². The summed E-state index contributed by atoms with van der Waals surface area (Å²) in [7, 11) is 0. The van der Waals surface area contributed by atoms with Crippen LogP contribution in [0, 0.1) is 0 Å². The number of nitrogens with one attached hydrogen (secondary N) is 1. The molecule has 27 heavy (non-hydrogen) atoms. The molecule has 1 N–H and O–H groups in total. The molecule has 0 aliphatic rings. The number of unbranched alkanes of at least 4 members (excludes halogenated alkanes) is 1. The minimum absolute atomic E-state index is 0.378. The molecule has 1 aromatic carbocycles. The third kappa shape index (κ3) is 4.03. The van der Waals surface area contributed by atoms with Crippen molar-refractivity contribution in [1.82, 2.24) is 9.72 Å². The number of hydrogen-bond donors (Lipinski definition) is 1. The second kappa shape index (κ2) is 8.54. The Morgan fingerprint density at radius 1 is 1.07 bits per heavy atom. The fourth-order valence-corrected chi connectivity index (χ4v) is 3.04. The molecule has 5 nitrogen and oxygen atoms in total. The summed E-state index contributed by atoms with van der Waals surface area (Å²) in [6.07, 6.45) is 3.61. The van der Waals surface area contributed by atoms with E-state index in [0.29, 0.717) is 18.8 Å². The second-order valence-corrected chi connectivity index (χ2v) is 6.30. The van der Waals surface area contributed by atoms with Crippen LogP contribution in [0.1, 0.15) is 37.2 Å². The van der Waals surface area contributed by atoms with Gasteiger partial charge in [-0.1, -0.05) is 31.5 Å². The summed E-state index contributed by atoms with van der Waals surface area (Å²) in [6, 6.07) is 15.2. The summed E-state index contributed by atoms with van der Waals surface area (Å²) in [6.45, 7) is 5.07. The Balaban J connectivity index is 2.01. The highest BCUT2D eigenvalue weighted by Gasteiger charge is 2.24. The Morgan fingerprint density at radius 2 is 1.85 bits per heavy atom. The Labute approximate surface area is 159 Å². The number of ketones is 1. The fraction of sp³-hybridized carbons (Fsp3) is 0.273.